The second-order valence-electron chi connectivity index (χ2n) is 7.65. The van der Waals surface area contributed by atoms with E-state index < -0.39 is 11.6 Å². The lowest BCUT2D eigenvalue weighted by molar-refractivity contribution is 0.180. The van der Waals surface area contributed by atoms with E-state index in [-0.39, 0.29) is 12.5 Å². The summed E-state index contributed by atoms with van der Waals surface area (Å²) in [6.07, 6.45) is 6.79. The molecule has 2 saturated carbocycles. The topological polar surface area (TPSA) is 93.6 Å². The van der Waals surface area contributed by atoms with Crippen LogP contribution in [0, 0.1) is 5.92 Å². The molecule has 7 nitrogen and oxygen atoms in total. The van der Waals surface area contributed by atoms with Crippen molar-refractivity contribution in [3.05, 3.63) is 11.9 Å². The van der Waals surface area contributed by atoms with Gasteiger partial charge in [0.2, 0.25) is 11.8 Å². The molecule has 1 aromatic heterocycles. The van der Waals surface area contributed by atoms with Gasteiger partial charge in [-0.15, -0.1) is 0 Å². The van der Waals surface area contributed by atoms with E-state index in [0.717, 1.165) is 18.5 Å². The number of nitrogens with one attached hydrogen (secondary N) is 1. The van der Waals surface area contributed by atoms with Gasteiger partial charge < -0.3 is 19.9 Å². The molecule has 25 heavy (non-hydrogen) atoms. The molecule has 0 atom stereocenters. The molecule has 7 heteroatoms. The number of carbonyl (C=O) groups is 1. The normalized spacial score (nSPS) is 17.2. The molecular weight excluding hydrogens is 322 g/mol. The molecule has 2 aliphatic rings. The number of hydrogen-bond donors (Lipinski definition) is 2. The van der Waals surface area contributed by atoms with Crippen molar-refractivity contribution in [2.45, 2.75) is 63.8 Å². The molecule has 2 N–H and O–H groups in total. The van der Waals surface area contributed by atoms with Crippen LogP contribution in [0.3, 0.4) is 0 Å². The standard InChI is InChI=1S/C18H27N3O4/c1-18(2,8-3-9-22)21-17(23)25-14-10-19-15(13-6-7-13)16(20-14)24-11-12-4-5-12/h10,12-13,22H,3-9,11H2,1-2H3,(H,21,23). The molecule has 3 rings (SSSR count). The van der Waals surface area contributed by atoms with E-state index >= 15 is 0 Å². The SMILES string of the molecule is CC(C)(CCCO)NC(=O)Oc1cnc(C2CC2)c(OCC2CC2)n1. The fraction of sp³-hybridized carbons (Fsp3) is 0.722. The summed E-state index contributed by atoms with van der Waals surface area (Å²) < 4.78 is 11.1. The number of aromatic nitrogens is 2. The van der Waals surface area contributed by atoms with Gasteiger partial charge in [0.05, 0.1) is 12.8 Å². The van der Waals surface area contributed by atoms with Crippen molar-refractivity contribution in [1.82, 2.24) is 15.3 Å². The number of ether oxygens (including phenoxy) is 2. The molecule has 0 unspecified atom stereocenters. The molecule has 2 fully saturated rings. The van der Waals surface area contributed by atoms with Crippen molar-refractivity contribution in [2.24, 2.45) is 5.92 Å². The largest absolute Gasteiger partial charge is 0.476 e. The van der Waals surface area contributed by atoms with Gasteiger partial charge in [-0.1, -0.05) is 0 Å². The minimum Gasteiger partial charge on any atom is -0.476 e. The number of rotatable bonds is 9. The second kappa shape index (κ2) is 7.56. The number of carbonyl (C=O) groups excluding carboxylic acids is 1. The van der Waals surface area contributed by atoms with E-state index in [1.807, 2.05) is 13.8 Å². The summed E-state index contributed by atoms with van der Waals surface area (Å²) in [6.45, 7) is 4.51. The average Bonchev–Trinajstić information content (AvgIpc) is 3.44. The number of amides is 1. The molecule has 1 heterocycles. The van der Waals surface area contributed by atoms with Crippen molar-refractivity contribution in [3.8, 4) is 11.8 Å². The van der Waals surface area contributed by atoms with Crippen LogP contribution in [-0.2, 0) is 0 Å². The third-order valence-corrected chi connectivity index (χ3v) is 4.46. The van der Waals surface area contributed by atoms with Crippen molar-refractivity contribution < 1.29 is 19.4 Å². The van der Waals surface area contributed by atoms with Crippen LogP contribution in [0.2, 0.25) is 0 Å². The zero-order valence-electron chi connectivity index (χ0n) is 15.0. The summed E-state index contributed by atoms with van der Waals surface area (Å²) in [7, 11) is 0. The summed E-state index contributed by atoms with van der Waals surface area (Å²) in [5.74, 6) is 1.68. The van der Waals surface area contributed by atoms with Crippen LogP contribution in [0.15, 0.2) is 6.20 Å². The predicted octanol–water partition coefficient (Wildman–Crippen LogP) is 2.78. The number of aliphatic hydroxyl groups excluding tert-OH is 1. The summed E-state index contributed by atoms with van der Waals surface area (Å²) in [4.78, 5) is 20.9. The van der Waals surface area contributed by atoms with Crippen molar-refractivity contribution in [2.75, 3.05) is 13.2 Å². The van der Waals surface area contributed by atoms with E-state index in [4.69, 9.17) is 14.6 Å². The molecule has 0 aliphatic heterocycles. The van der Waals surface area contributed by atoms with E-state index in [2.05, 4.69) is 15.3 Å². The summed E-state index contributed by atoms with van der Waals surface area (Å²) in [5.41, 5.74) is 0.406. The van der Waals surface area contributed by atoms with Gasteiger partial charge in [0.15, 0.2) is 0 Å². The molecule has 0 bridgehead atoms. The van der Waals surface area contributed by atoms with Crippen molar-refractivity contribution in [1.29, 1.82) is 0 Å². The van der Waals surface area contributed by atoms with E-state index in [1.54, 1.807) is 0 Å². The average molecular weight is 349 g/mol. The second-order valence-corrected chi connectivity index (χ2v) is 7.65. The van der Waals surface area contributed by atoms with E-state index in [1.165, 1.54) is 19.0 Å². The van der Waals surface area contributed by atoms with Gasteiger partial charge in [0.25, 0.3) is 0 Å². The molecule has 1 aromatic rings. The Balaban J connectivity index is 1.60. The number of hydrogen-bond acceptors (Lipinski definition) is 6. The Morgan fingerprint density at radius 3 is 2.76 bits per heavy atom. The highest BCUT2D eigenvalue weighted by atomic mass is 16.6. The van der Waals surface area contributed by atoms with Crippen LogP contribution in [-0.4, -0.2) is 39.9 Å². The first kappa shape index (κ1) is 17.9. The summed E-state index contributed by atoms with van der Waals surface area (Å²) in [6, 6.07) is 0. The predicted molar refractivity (Wildman–Crippen MR) is 91.8 cm³/mol. The zero-order valence-corrected chi connectivity index (χ0v) is 15.0. The highest BCUT2D eigenvalue weighted by Crippen LogP contribution is 2.43. The maximum absolute atomic E-state index is 12.1. The molecule has 138 valence electrons. The van der Waals surface area contributed by atoms with Gasteiger partial charge >= 0.3 is 6.09 Å². The fourth-order valence-electron chi connectivity index (χ4n) is 2.62. The molecule has 2 aliphatic carbocycles. The number of aliphatic hydroxyl groups is 1. The lowest BCUT2D eigenvalue weighted by atomic mass is 9.99. The van der Waals surface area contributed by atoms with Crippen LogP contribution in [0.25, 0.3) is 0 Å². The molecule has 0 spiro atoms. The molecule has 1 amide bonds. The molecule has 0 aromatic carbocycles. The van der Waals surface area contributed by atoms with Crippen LogP contribution in [0.5, 0.6) is 11.8 Å². The Morgan fingerprint density at radius 1 is 1.36 bits per heavy atom. The van der Waals surface area contributed by atoms with Gasteiger partial charge in [0, 0.05) is 18.1 Å². The quantitative estimate of drug-likeness (QED) is 0.712. The Morgan fingerprint density at radius 2 is 2.12 bits per heavy atom. The van der Waals surface area contributed by atoms with Crippen LogP contribution >= 0.6 is 0 Å². The number of nitrogens with zero attached hydrogens (tertiary/aromatic N) is 2. The fourth-order valence-corrected chi connectivity index (χ4v) is 2.62. The van der Waals surface area contributed by atoms with Crippen LogP contribution in [0.4, 0.5) is 4.79 Å². The summed E-state index contributed by atoms with van der Waals surface area (Å²) >= 11 is 0. The Kier molecular flexibility index (Phi) is 5.42. The highest BCUT2D eigenvalue weighted by molar-refractivity contribution is 5.70. The molecule has 0 saturated heterocycles. The molecular formula is C18H27N3O4. The third kappa shape index (κ3) is 5.56. The smallest absolute Gasteiger partial charge is 0.414 e. The van der Waals surface area contributed by atoms with Gasteiger partial charge in [-0.05, 0) is 58.3 Å². The van der Waals surface area contributed by atoms with Crippen molar-refractivity contribution >= 4 is 6.09 Å². The van der Waals surface area contributed by atoms with Gasteiger partial charge in [-0.3, -0.25) is 0 Å². The monoisotopic (exact) mass is 349 g/mol. The van der Waals surface area contributed by atoms with Gasteiger partial charge in [0.1, 0.15) is 5.69 Å². The van der Waals surface area contributed by atoms with Crippen LogP contribution in [0.1, 0.15) is 64.0 Å². The maximum Gasteiger partial charge on any atom is 0.414 e. The first-order valence-corrected chi connectivity index (χ1v) is 9.07. The van der Waals surface area contributed by atoms with E-state index in [0.29, 0.717) is 37.2 Å². The highest BCUT2D eigenvalue weighted by Gasteiger charge is 2.31. The Labute approximate surface area is 148 Å². The van der Waals surface area contributed by atoms with Crippen molar-refractivity contribution in [3.63, 3.8) is 0 Å². The Hall–Kier alpha value is -1.89. The van der Waals surface area contributed by atoms with Gasteiger partial charge in [-0.25, -0.2) is 9.78 Å². The lowest BCUT2D eigenvalue weighted by Gasteiger charge is -2.25. The molecule has 0 radical (unpaired) electrons. The minimum atomic E-state index is -0.579. The van der Waals surface area contributed by atoms with E-state index in [9.17, 15) is 4.79 Å². The Bertz CT molecular complexity index is 612. The third-order valence-electron chi connectivity index (χ3n) is 4.46. The first-order chi connectivity index (χ1) is 12.0. The van der Waals surface area contributed by atoms with Crippen LogP contribution < -0.4 is 14.8 Å². The first-order valence-electron chi connectivity index (χ1n) is 9.07. The minimum absolute atomic E-state index is 0.0932. The van der Waals surface area contributed by atoms with Gasteiger partial charge in [-0.2, -0.15) is 4.98 Å². The summed E-state index contributed by atoms with van der Waals surface area (Å²) in [5, 5.41) is 11.7. The maximum atomic E-state index is 12.1. The lowest BCUT2D eigenvalue weighted by Crippen LogP contribution is -2.45. The zero-order chi connectivity index (χ0) is 17.9.